The Hall–Kier alpha value is -1.18. The maximum absolute atomic E-state index is 7.11. The Morgan fingerprint density at radius 1 is 0.692 bits per heavy atom. The van der Waals surface area contributed by atoms with Gasteiger partial charge in [-0.1, -0.05) is 0 Å². The fourth-order valence-electron chi connectivity index (χ4n) is 1.65. The second-order valence-corrected chi connectivity index (χ2v) is 3.59. The van der Waals surface area contributed by atoms with Gasteiger partial charge in [0.25, 0.3) is 0 Å². The van der Waals surface area contributed by atoms with Gasteiger partial charge in [-0.05, 0) is 62.4 Å². The van der Waals surface area contributed by atoms with Gasteiger partial charge in [0.1, 0.15) is 0 Å². The van der Waals surface area contributed by atoms with Crippen LogP contribution in [-0.4, -0.2) is 0 Å². The van der Waals surface area contributed by atoms with E-state index in [-0.39, 0.29) is 0 Å². The van der Waals surface area contributed by atoms with Crippen LogP contribution in [0.15, 0.2) is 5.11 Å². The van der Waals surface area contributed by atoms with Gasteiger partial charge in [0, 0.05) is 0 Å². The Kier molecular flexibility index (Phi) is 2.50. The molecule has 0 saturated carbocycles. The lowest BCUT2D eigenvalue weighted by atomic mass is 9.93. The van der Waals surface area contributed by atoms with Gasteiger partial charge in [-0.15, -0.1) is 0 Å². The van der Waals surface area contributed by atoms with Crippen molar-refractivity contribution in [2.24, 2.45) is 5.11 Å². The lowest BCUT2D eigenvalue weighted by Crippen LogP contribution is -1.95. The Morgan fingerprint density at radius 2 is 1.00 bits per heavy atom. The zero-order valence-corrected chi connectivity index (χ0v) is 8.95. The standard InChI is InChI=1S/C11H16N2/c1-6-7(2)9(4)11(13-12)10(5)8(6)3/h12H,1-5H3. The second-order valence-electron chi connectivity index (χ2n) is 3.59. The van der Waals surface area contributed by atoms with Crippen molar-refractivity contribution in [3.63, 3.8) is 0 Å². The summed E-state index contributed by atoms with van der Waals surface area (Å²) in [5, 5.41) is 3.58. The van der Waals surface area contributed by atoms with Gasteiger partial charge in [-0.25, -0.2) is 5.53 Å². The summed E-state index contributed by atoms with van der Waals surface area (Å²) in [7, 11) is 0. The molecule has 0 aliphatic rings. The summed E-state index contributed by atoms with van der Waals surface area (Å²) in [6.07, 6.45) is 0. The minimum absolute atomic E-state index is 0.834. The molecule has 0 bridgehead atoms. The maximum Gasteiger partial charge on any atom is 0.0913 e. The summed E-state index contributed by atoms with van der Waals surface area (Å²) < 4.78 is 0. The number of benzene rings is 1. The van der Waals surface area contributed by atoms with Crippen LogP contribution in [0.25, 0.3) is 0 Å². The van der Waals surface area contributed by atoms with E-state index in [9.17, 15) is 0 Å². The molecule has 13 heavy (non-hydrogen) atoms. The highest BCUT2D eigenvalue weighted by atomic mass is 15.0. The summed E-state index contributed by atoms with van der Waals surface area (Å²) in [6.45, 7) is 10.4. The van der Waals surface area contributed by atoms with Crippen molar-refractivity contribution in [3.05, 3.63) is 27.8 Å². The number of nitrogens with one attached hydrogen (secondary N) is 1. The summed E-state index contributed by atoms with van der Waals surface area (Å²) in [4.78, 5) is 0. The van der Waals surface area contributed by atoms with Crippen LogP contribution >= 0.6 is 0 Å². The van der Waals surface area contributed by atoms with Crippen molar-refractivity contribution in [3.8, 4) is 0 Å². The molecule has 0 aliphatic heterocycles. The quantitative estimate of drug-likeness (QED) is 0.630. The van der Waals surface area contributed by atoms with Crippen LogP contribution in [0.1, 0.15) is 27.8 Å². The Bertz CT molecular complexity index is 336. The lowest BCUT2D eigenvalue weighted by molar-refractivity contribution is 1.08. The Balaban J connectivity index is 3.66. The van der Waals surface area contributed by atoms with Crippen molar-refractivity contribution in [2.75, 3.05) is 0 Å². The van der Waals surface area contributed by atoms with Gasteiger partial charge in [0.15, 0.2) is 0 Å². The number of rotatable bonds is 1. The van der Waals surface area contributed by atoms with Gasteiger partial charge in [-0.2, -0.15) is 5.11 Å². The van der Waals surface area contributed by atoms with Gasteiger partial charge in [0.05, 0.1) is 5.69 Å². The molecule has 2 heteroatoms. The summed E-state index contributed by atoms with van der Waals surface area (Å²) >= 11 is 0. The predicted molar refractivity (Wildman–Crippen MR) is 54.9 cm³/mol. The molecule has 1 aromatic rings. The van der Waals surface area contributed by atoms with Crippen LogP contribution in [0.2, 0.25) is 0 Å². The average molecular weight is 176 g/mol. The smallest absolute Gasteiger partial charge is 0.0913 e. The van der Waals surface area contributed by atoms with E-state index < -0.39 is 0 Å². The van der Waals surface area contributed by atoms with Crippen molar-refractivity contribution in [1.29, 1.82) is 5.53 Å². The molecular weight excluding hydrogens is 160 g/mol. The zero-order valence-electron chi connectivity index (χ0n) is 8.95. The normalized spacial score (nSPS) is 10.2. The highest BCUT2D eigenvalue weighted by molar-refractivity contribution is 5.60. The summed E-state index contributed by atoms with van der Waals surface area (Å²) in [5.41, 5.74) is 14.1. The number of nitrogens with zero attached hydrogens (tertiary/aromatic N) is 1. The van der Waals surface area contributed by atoms with Gasteiger partial charge >= 0.3 is 0 Å². The molecule has 1 N–H and O–H groups in total. The van der Waals surface area contributed by atoms with E-state index in [2.05, 4.69) is 25.9 Å². The third-order valence-corrected chi connectivity index (χ3v) is 3.07. The van der Waals surface area contributed by atoms with Crippen molar-refractivity contribution in [2.45, 2.75) is 34.6 Å². The topological polar surface area (TPSA) is 36.2 Å². The van der Waals surface area contributed by atoms with Crippen LogP contribution in [0.4, 0.5) is 5.69 Å². The van der Waals surface area contributed by atoms with Crippen LogP contribution in [-0.2, 0) is 0 Å². The number of hydrogen-bond donors (Lipinski definition) is 1. The molecule has 0 radical (unpaired) electrons. The average Bonchev–Trinajstić information content (AvgIpc) is 2.13. The van der Waals surface area contributed by atoms with Crippen molar-refractivity contribution in [1.82, 2.24) is 0 Å². The monoisotopic (exact) mass is 176 g/mol. The molecule has 0 unspecified atom stereocenters. The van der Waals surface area contributed by atoms with Crippen LogP contribution in [0, 0.1) is 40.1 Å². The highest BCUT2D eigenvalue weighted by Crippen LogP contribution is 2.31. The predicted octanol–water partition coefficient (Wildman–Crippen LogP) is 3.89. The van der Waals surface area contributed by atoms with Gasteiger partial charge < -0.3 is 0 Å². The van der Waals surface area contributed by atoms with E-state index in [0.717, 1.165) is 16.8 Å². The van der Waals surface area contributed by atoms with E-state index in [0.29, 0.717) is 0 Å². The highest BCUT2D eigenvalue weighted by Gasteiger charge is 2.10. The molecule has 1 rings (SSSR count). The van der Waals surface area contributed by atoms with Gasteiger partial charge in [0.2, 0.25) is 0 Å². The maximum atomic E-state index is 7.11. The first kappa shape index (κ1) is 9.90. The van der Waals surface area contributed by atoms with E-state index in [1.54, 1.807) is 0 Å². The van der Waals surface area contributed by atoms with Crippen LogP contribution in [0.5, 0.6) is 0 Å². The number of hydrogen-bond acceptors (Lipinski definition) is 2. The molecule has 0 aliphatic carbocycles. The third-order valence-electron chi connectivity index (χ3n) is 3.07. The molecule has 0 heterocycles. The largest absolute Gasteiger partial charge is 0.204 e. The van der Waals surface area contributed by atoms with Gasteiger partial charge in [-0.3, -0.25) is 0 Å². The fraction of sp³-hybridized carbons (Fsp3) is 0.455. The molecule has 0 saturated heterocycles. The van der Waals surface area contributed by atoms with Crippen LogP contribution < -0.4 is 0 Å². The molecule has 2 nitrogen and oxygen atoms in total. The molecule has 1 aromatic carbocycles. The molecule has 70 valence electrons. The summed E-state index contributed by atoms with van der Waals surface area (Å²) in [5.74, 6) is 0. The Labute approximate surface area is 79.5 Å². The molecule has 0 fully saturated rings. The van der Waals surface area contributed by atoms with Crippen LogP contribution in [0.3, 0.4) is 0 Å². The Morgan fingerprint density at radius 3 is 1.31 bits per heavy atom. The van der Waals surface area contributed by atoms with Crippen molar-refractivity contribution < 1.29 is 0 Å². The molecule has 0 amide bonds. The second kappa shape index (κ2) is 3.29. The minimum atomic E-state index is 0.834. The summed E-state index contributed by atoms with van der Waals surface area (Å²) in [6, 6.07) is 0. The lowest BCUT2D eigenvalue weighted by Gasteiger charge is -2.14. The first-order valence-corrected chi connectivity index (χ1v) is 4.45. The first-order chi connectivity index (χ1) is 6.00. The minimum Gasteiger partial charge on any atom is -0.204 e. The molecule has 0 spiro atoms. The van der Waals surface area contributed by atoms with E-state index in [1.165, 1.54) is 16.7 Å². The zero-order chi connectivity index (χ0) is 10.2. The molecule has 0 atom stereocenters. The molecular formula is C11H16N2. The van der Waals surface area contributed by atoms with E-state index >= 15 is 0 Å². The SMILES string of the molecule is Cc1c(C)c(C)c(N=N)c(C)c1C. The van der Waals surface area contributed by atoms with E-state index in [4.69, 9.17) is 5.53 Å². The van der Waals surface area contributed by atoms with Crippen molar-refractivity contribution >= 4 is 5.69 Å². The third kappa shape index (κ3) is 1.37. The van der Waals surface area contributed by atoms with E-state index in [1.807, 2.05) is 13.8 Å². The fourth-order valence-corrected chi connectivity index (χ4v) is 1.65. The molecule has 0 aromatic heterocycles. The first-order valence-electron chi connectivity index (χ1n) is 4.45.